The standard InChI is InChI=1S/C23H34N4O2S.HI/c1-4-24-22(26-17-23(3,28)21-6-5-15-30-21)25-16-20(27-11-13-29-14-12-27)19-9-7-18(2)8-10-19;/h5-10,15,20,28H,4,11-14,16-17H2,1-3H3,(H2,24,25,26);1H. The fourth-order valence-corrected chi connectivity index (χ4v) is 4.35. The van der Waals surface area contributed by atoms with Gasteiger partial charge in [0.2, 0.25) is 0 Å². The molecule has 0 saturated carbocycles. The van der Waals surface area contributed by atoms with E-state index in [0.29, 0.717) is 6.54 Å². The highest BCUT2D eigenvalue weighted by molar-refractivity contribution is 14.0. The van der Waals surface area contributed by atoms with E-state index in [1.807, 2.05) is 31.4 Å². The number of morpholine rings is 1. The fourth-order valence-electron chi connectivity index (χ4n) is 3.57. The van der Waals surface area contributed by atoms with E-state index in [0.717, 1.165) is 50.2 Å². The van der Waals surface area contributed by atoms with Crippen LogP contribution in [0.15, 0.2) is 46.8 Å². The van der Waals surface area contributed by atoms with Gasteiger partial charge in [0.1, 0.15) is 5.60 Å². The van der Waals surface area contributed by atoms with Crippen LogP contribution in [0, 0.1) is 6.92 Å². The van der Waals surface area contributed by atoms with Gasteiger partial charge >= 0.3 is 0 Å². The highest BCUT2D eigenvalue weighted by Gasteiger charge is 2.25. The number of hydrogen-bond donors (Lipinski definition) is 3. The summed E-state index contributed by atoms with van der Waals surface area (Å²) in [4.78, 5) is 8.06. The second kappa shape index (κ2) is 12.7. The minimum absolute atomic E-state index is 0. The van der Waals surface area contributed by atoms with E-state index in [4.69, 9.17) is 4.74 Å². The Morgan fingerprint density at radius 2 is 1.94 bits per heavy atom. The van der Waals surface area contributed by atoms with Gasteiger partial charge in [-0.05, 0) is 37.8 Å². The lowest BCUT2D eigenvalue weighted by atomic mass is 10.0. The van der Waals surface area contributed by atoms with Gasteiger partial charge in [0.25, 0.3) is 0 Å². The van der Waals surface area contributed by atoms with Crippen LogP contribution in [-0.2, 0) is 10.3 Å². The third-order valence-corrected chi connectivity index (χ3v) is 6.48. The minimum Gasteiger partial charge on any atom is -0.383 e. The number of aliphatic imine (C=N–C) groups is 1. The van der Waals surface area contributed by atoms with Crippen LogP contribution in [0.1, 0.15) is 35.9 Å². The van der Waals surface area contributed by atoms with Gasteiger partial charge in [-0.15, -0.1) is 35.3 Å². The van der Waals surface area contributed by atoms with Gasteiger partial charge in [0, 0.05) is 31.1 Å². The molecule has 1 aliphatic heterocycles. The Kier molecular flexibility index (Phi) is 10.7. The molecule has 8 heteroatoms. The molecule has 2 heterocycles. The van der Waals surface area contributed by atoms with Crippen LogP contribution in [-0.4, -0.2) is 61.9 Å². The van der Waals surface area contributed by atoms with Crippen molar-refractivity contribution in [2.24, 2.45) is 4.99 Å². The summed E-state index contributed by atoms with van der Waals surface area (Å²) in [7, 11) is 0. The third-order valence-electron chi connectivity index (χ3n) is 5.35. The third kappa shape index (κ3) is 7.71. The number of thiophene rings is 1. The number of ether oxygens (including phenoxy) is 1. The van der Waals surface area contributed by atoms with Gasteiger partial charge in [-0.25, -0.2) is 4.99 Å². The number of aryl methyl sites for hydroxylation is 1. The largest absolute Gasteiger partial charge is 0.383 e. The Hall–Kier alpha value is -1.20. The molecular formula is C23H35IN4O2S. The van der Waals surface area contributed by atoms with E-state index in [1.165, 1.54) is 11.1 Å². The first-order chi connectivity index (χ1) is 14.5. The highest BCUT2D eigenvalue weighted by Crippen LogP contribution is 2.25. The number of hydrogen-bond acceptors (Lipinski definition) is 5. The van der Waals surface area contributed by atoms with Crippen molar-refractivity contribution in [2.75, 3.05) is 45.9 Å². The zero-order valence-corrected chi connectivity index (χ0v) is 21.8. The van der Waals surface area contributed by atoms with Crippen molar-refractivity contribution < 1.29 is 9.84 Å². The van der Waals surface area contributed by atoms with Gasteiger partial charge in [-0.3, -0.25) is 4.90 Å². The van der Waals surface area contributed by atoms with E-state index in [9.17, 15) is 5.11 Å². The van der Waals surface area contributed by atoms with Crippen LogP contribution >= 0.6 is 35.3 Å². The number of benzene rings is 1. The monoisotopic (exact) mass is 558 g/mol. The van der Waals surface area contributed by atoms with Crippen molar-refractivity contribution in [3.63, 3.8) is 0 Å². The van der Waals surface area contributed by atoms with Crippen molar-refractivity contribution >= 4 is 41.3 Å². The lowest BCUT2D eigenvalue weighted by Gasteiger charge is -2.35. The summed E-state index contributed by atoms with van der Waals surface area (Å²) in [5, 5.41) is 19.6. The van der Waals surface area contributed by atoms with Gasteiger partial charge in [-0.2, -0.15) is 0 Å². The summed E-state index contributed by atoms with van der Waals surface area (Å²) in [6, 6.07) is 12.9. The van der Waals surface area contributed by atoms with Crippen LogP contribution in [0.4, 0.5) is 0 Å². The average molecular weight is 559 g/mol. The molecule has 31 heavy (non-hydrogen) atoms. The van der Waals surface area contributed by atoms with Crippen LogP contribution in [0.2, 0.25) is 0 Å². The fraction of sp³-hybridized carbons (Fsp3) is 0.522. The summed E-state index contributed by atoms with van der Waals surface area (Å²) >= 11 is 1.55. The summed E-state index contributed by atoms with van der Waals surface area (Å²) < 4.78 is 5.56. The van der Waals surface area contributed by atoms with E-state index in [-0.39, 0.29) is 30.0 Å². The molecule has 1 aromatic heterocycles. The normalized spacial score (nSPS) is 18.0. The second-order valence-corrected chi connectivity index (χ2v) is 8.85. The van der Waals surface area contributed by atoms with Crippen molar-refractivity contribution in [3.8, 4) is 0 Å². The van der Waals surface area contributed by atoms with Gasteiger partial charge < -0.3 is 20.5 Å². The Labute approximate surface area is 207 Å². The molecule has 0 aliphatic carbocycles. The second-order valence-electron chi connectivity index (χ2n) is 7.90. The predicted molar refractivity (Wildman–Crippen MR) is 140 cm³/mol. The van der Waals surface area contributed by atoms with Gasteiger partial charge in [-0.1, -0.05) is 35.9 Å². The Morgan fingerprint density at radius 3 is 2.55 bits per heavy atom. The van der Waals surface area contributed by atoms with E-state index in [2.05, 4.69) is 51.7 Å². The number of nitrogens with one attached hydrogen (secondary N) is 2. The molecule has 1 aliphatic rings. The first kappa shape index (κ1) is 26.1. The number of aliphatic hydroxyl groups is 1. The molecule has 1 aromatic carbocycles. The highest BCUT2D eigenvalue weighted by atomic mass is 127. The zero-order chi connectivity index (χ0) is 21.4. The zero-order valence-electron chi connectivity index (χ0n) is 18.6. The van der Waals surface area contributed by atoms with E-state index < -0.39 is 5.60 Å². The molecule has 2 aromatic rings. The predicted octanol–water partition coefficient (Wildman–Crippen LogP) is 3.51. The van der Waals surface area contributed by atoms with Crippen LogP contribution in [0.25, 0.3) is 0 Å². The lowest BCUT2D eigenvalue weighted by molar-refractivity contribution is 0.0169. The van der Waals surface area contributed by atoms with Gasteiger partial charge in [0.05, 0.1) is 25.8 Å². The first-order valence-corrected chi connectivity index (χ1v) is 11.5. The Morgan fingerprint density at radius 1 is 1.23 bits per heavy atom. The molecule has 172 valence electrons. The van der Waals surface area contributed by atoms with Crippen molar-refractivity contribution in [1.29, 1.82) is 0 Å². The van der Waals surface area contributed by atoms with E-state index >= 15 is 0 Å². The maximum Gasteiger partial charge on any atom is 0.191 e. The topological polar surface area (TPSA) is 69.1 Å². The SMILES string of the molecule is CCNC(=NCC(C)(O)c1cccs1)NCC(c1ccc(C)cc1)N1CCOCC1.I. The molecule has 1 fully saturated rings. The number of halogens is 1. The summed E-state index contributed by atoms with van der Waals surface area (Å²) in [6.07, 6.45) is 0. The molecule has 2 unspecified atom stereocenters. The van der Waals surface area contributed by atoms with Crippen molar-refractivity contribution in [1.82, 2.24) is 15.5 Å². The molecular weight excluding hydrogens is 523 g/mol. The number of nitrogens with zero attached hydrogens (tertiary/aromatic N) is 2. The first-order valence-electron chi connectivity index (χ1n) is 10.7. The molecule has 3 rings (SSSR count). The van der Waals surface area contributed by atoms with Crippen LogP contribution < -0.4 is 10.6 Å². The average Bonchev–Trinajstić information content (AvgIpc) is 3.30. The summed E-state index contributed by atoms with van der Waals surface area (Å²) in [5.41, 5.74) is 1.58. The lowest BCUT2D eigenvalue weighted by Crippen LogP contribution is -2.46. The summed E-state index contributed by atoms with van der Waals surface area (Å²) in [5.74, 6) is 0.722. The molecule has 3 N–H and O–H groups in total. The molecule has 2 atom stereocenters. The smallest absolute Gasteiger partial charge is 0.191 e. The summed E-state index contributed by atoms with van der Waals surface area (Å²) in [6.45, 7) is 11.1. The Bertz CT molecular complexity index is 790. The van der Waals surface area contributed by atoms with Gasteiger partial charge in [0.15, 0.2) is 5.96 Å². The molecule has 0 spiro atoms. The molecule has 0 amide bonds. The van der Waals surface area contributed by atoms with Crippen molar-refractivity contribution in [2.45, 2.75) is 32.4 Å². The number of rotatable bonds is 8. The van der Waals surface area contributed by atoms with Crippen LogP contribution in [0.5, 0.6) is 0 Å². The maximum atomic E-state index is 10.8. The minimum atomic E-state index is -0.975. The molecule has 1 saturated heterocycles. The quantitative estimate of drug-likeness (QED) is 0.263. The van der Waals surface area contributed by atoms with Crippen LogP contribution in [0.3, 0.4) is 0 Å². The maximum absolute atomic E-state index is 10.8. The molecule has 0 radical (unpaired) electrons. The number of guanidine groups is 1. The van der Waals surface area contributed by atoms with E-state index in [1.54, 1.807) is 11.3 Å². The Balaban J connectivity index is 0.00000341. The van der Waals surface area contributed by atoms with Crippen molar-refractivity contribution in [3.05, 3.63) is 57.8 Å². The molecule has 0 bridgehead atoms. The molecule has 6 nitrogen and oxygen atoms in total.